The number of unbranched alkanes of at least 4 members (excludes halogenated alkanes) is 3. The van der Waals surface area contributed by atoms with Crippen LogP contribution in [0.25, 0.3) is 0 Å². The second-order valence-electron chi connectivity index (χ2n) is 7.14. The van der Waals surface area contributed by atoms with Crippen molar-refractivity contribution in [3.8, 4) is 0 Å². The molecule has 8 N–H and O–H groups in total. The first-order chi connectivity index (χ1) is 15.3. The molecule has 0 aliphatic carbocycles. The first-order valence-electron chi connectivity index (χ1n) is 10.2. The van der Waals surface area contributed by atoms with Crippen LogP contribution in [0.4, 0.5) is 11.4 Å². The third-order valence-electron chi connectivity index (χ3n) is 4.38. The van der Waals surface area contributed by atoms with Crippen LogP contribution in [0.3, 0.4) is 0 Å². The lowest BCUT2D eigenvalue weighted by Crippen LogP contribution is -2.34. The molecule has 8 nitrogen and oxygen atoms in total. The molecule has 0 amide bonds. The minimum absolute atomic E-state index is 0.0477. The minimum atomic E-state index is 0.0477. The molecular formula is C22H28Cl2N8. The highest BCUT2D eigenvalue weighted by atomic mass is 35.5. The molecule has 0 unspecified atom stereocenters. The summed E-state index contributed by atoms with van der Waals surface area (Å²) in [5, 5.41) is 44.1. The lowest BCUT2D eigenvalue weighted by molar-refractivity contribution is 0.660. The van der Waals surface area contributed by atoms with Gasteiger partial charge in [0.25, 0.3) is 0 Å². The first kappa shape index (κ1) is 25.2. The summed E-state index contributed by atoms with van der Waals surface area (Å²) in [5.41, 5.74) is 1.46. The van der Waals surface area contributed by atoms with E-state index < -0.39 is 0 Å². The Balaban J connectivity index is 1.51. The summed E-state index contributed by atoms with van der Waals surface area (Å²) < 4.78 is 0. The Morgan fingerprint density at radius 2 is 0.906 bits per heavy atom. The van der Waals surface area contributed by atoms with Gasteiger partial charge in [-0.15, -0.1) is 0 Å². The average molecular weight is 475 g/mol. The van der Waals surface area contributed by atoms with E-state index in [1.807, 2.05) is 0 Å². The zero-order chi connectivity index (χ0) is 23.3. The summed E-state index contributed by atoms with van der Waals surface area (Å²) >= 11 is 11.7. The SMILES string of the molecule is N=C(CCCCCCC(=N)NC(=N)Nc1ccc(Cl)cc1)NC(=N)Nc1ccc(Cl)cc1. The van der Waals surface area contributed by atoms with Gasteiger partial charge in [-0.2, -0.15) is 0 Å². The predicted octanol–water partition coefficient (Wildman–Crippen LogP) is 5.86. The van der Waals surface area contributed by atoms with Gasteiger partial charge in [0.15, 0.2) is 11.9 Å². The predicted molar refractivity (Wildman–Crippen MR) is 135 cm³/mol. The Morgan fingerprint density at radius 1 is 0.562 bits per heavy atom. The summed E-state index contributed by atoms with van der Waals surface area (Å²) in [6.07, 6.45) is 4.61. The molecule has 10 heteroatoms. The van der Waals surface area contributed by atoms with Crippen LogP contribution >= 0.6 is 23.2 Å². The minimum Gasteiger partial charge on any atom is -0.326 e. The lowest BCUT2D eigenvalue weighted by Gasteiger charge is -2.12. The molecule has 0 fully saturated rings. The van der Waals surface area contributed by atoms with E-state index in [2.05, 4.69) is 21.3 Å². The Morgan fingerprint density at radius 3 is 1.25 bits per heavy atom. The van der Waals surface area contributed by atoms with Crippen LogP contribution in [0.2, 0.25) is 10.0 Å². The van der Waals surface area contributed by atoms with Crippen LogP contribution in [0.1, 0.15) is 38.5 Å². The molecule has 0 bridgehead atoms. The first-order valence-corrected chi connectivity index (χ1v) is 11.0. The molecule has 2 aromatic carbocycles. The largest absolute Gasteiger partial charge is 0.326 e. The third kappa shape index (κ3) is 10.3. The van der Waals surface area contributed by atoms with E-state index in [1.165, 1.54) is 0 Å². The van der Waals surface area contributed by atoms with Crippen molar-refractivity contribution < 1.29 is 0 Å². The fourth-order valence-electron chi connectivity index (χ4n) is 2.80. The summed E-state index contributed by atoms with van der Waals surface area (Å²) in [5.74, 6) is 0.665. The quantitative estimate of drug-likeness (QED) is 0.130. The van der Waals surface area contributed by atoms with Crippen molar-refractivity contribution in [1.29, 1.82) is 21.6 Å². The van der Waals surface area contributed by atoms with Gasteiger partial charge in [0.1, 0.15) is 0 Å². The maximum Gasteiger partial charge on any atom is 0.198 e. The number of hydrogen-bond donors (Lipinski definition) is 8. The fraction of sp³-hybridized carbons (Fsp3) is 0.273. The zero-order valence-electron chi connectivity index (χ0n) is 17.6. The number of nitrogens with one attached hydrogen (secondary N) is 8. The monoisotopic (exact) mass is 474 g/mol. The van der Waals surface area contributed by atoms with Gasteiger partial charge in [-0.3, -0.25) is 21.6 Å². The van der Waals surface area contributed by atoms with Crippen molar-refractivity contribution in [2.45, 2.75) is 38.5 Å². The summed E-state index contributed by atoms with van der Waals surface area (Å²) in [4.78, 5) is 0. The van der Waals surface area contributed by atoms with Crippen LogP contribution < -0.4 is 21.3 Å². The number of anilines is 2. The van der Waals surface area contributed by atoms with Gasteiger partial charge in [0.05, 0.1) is 11.7 Å². The van der Waals surface area contributed by atoms with E-state index in [0.717, 1.165) is 37.1 Å². The van der Waals surface area contributed by atoms with Crippen LogP contribution in [-0.4, -0.2) is 23.6 Å². The number of halogens is 2. The maximum atomic E-state index is 7.95. The van der Waals surface area contributed by atoms with Crippen LogP contribution in [0.15, 0.2) is 48.5 Å². The van der Waals surface area contributed by atoms with Gasteiger partial charge in [-0.05, 0) is 61.4 Å². The maximum absolute atomic E-state index is 7.95. The highest BCUT2D eigenvalue weighted by Gasteiger charge is 2.04. The number of hydrogen-bond acceptors (Lipinski definition) is 4. The fourth-order valence-corrected chi connectivity index (χ4v) is 3.05. The van der Waals surface area contributed by atoms with Crippen LogP contribution in [-0.2, 0) is 0 Å². The van der Waals surface area contributed by atoms with E-state index in [1.54, 1.807) is 48.5 Å². The Bertz CT molecular complexity index is 848. The van der Waals surface area contributed by atoms with Gasteiger partial charge in [-0.25, -0.2) is 0 Å². The molecule has 0 heterocycles. The van der Waals surface area contributed by atoms with Crippen molar-refractivity contribution in [2.24, 2.45) is 0 Å². The molecule has 0 saturated heterocycles. The van der Waals surface area contributed by atoms with Gasteiger partial charge in [0, 0.05) is 34.3 Å². The molecular weight excluding hydrogens is 447 g/mol. The van der Waals surface area contributed by atoms with Crippen LogP contribution in [0.5, 0.6) is 0 Å². The molecule has 32 heavy (non-hydrogen) atoms. The number of benzene rings is 2. The number of guanidine groups is 2. The molecule has 0 aromatic heterocycles. The van der Waals surface area contributed by atoms with Gasteiger partial charge >= 0.3 is 0 Å². The van der Waals surface area contributed by atoms with Crippen molar-refractivity contribution in [1.82, 2.24) is 10.6 Å². The Kier molecular flexibility index (Phi) is 10.5. The van der Waals surface area contributed by atoms with E-state index in [9.17, 15) is 0 Å². The standard InChI is InChI=1S/C22H28Cl2N8/c23-15-7-11-17(12-8-15)29-21(27)31-19(25)5-3-1-2-4-6-20(26)32-22(28)30-18-13-9-16(24)10-14-18/h7-14H,1-6H2,(H4,25,27,29,31)(H4,26,28,30,32). The highest BCUT2D eigenvalue weighted by molar-refractivity contribution is 6.31. The highest BCUT2D eigenvalue weighted by Crippen LogP contribution is 2.14. The van der Waals surface area contributed by atoms with Crippen molar-refractivity contribution in [2.75, 3.05) is 10.6 Å². The van der Waals surface area contributed by atoms with Gasteiger partial charge < -0.3 is 21.3 Å². The van der Waals surface area contributed by atoms with Gasteiger partial charge in [0.2, 0.25) is 0 Å². The molecule has 0 aliphatic rings. The molecule has 2 rings (SSSR count). The third-order valence-corrected chi connectivity index (χ3v) is 4.89. The second kappa shape index (κ2) is 13.3. The average Bonchev–Trinajstić information content (AvgIpc) is 2.73. The van der Waals surface area contributed by atoms with E-state index >= 15 is 0 Å². The summed E-state index contributed by atoms with van der Waals surface area (Å²) in [6.45, 7) is 0. The lowest BCUT2D eigenvalue weighted by atomic mass is 10.1. The smallest absolute Gasteiger partial charge is 0.198 e. The number of amidine groups is 2. The molecule has 0 radical (unpaired) electrons. The van der Waals surface area contributed by atoms with E-state index in [-0.39, 0.29) is 23.6 Å². The normalized spacial score (nSPS) is 10.2. The van der Waals surface area contributed by atoms with E-state index in [4.69, 9.17) is 44.8 Å². The number of rotatable bonds is 9. The van der Waals surface area contributed by atoms with Crippen molar-refractivity contribution in [3.05, 3.63) is 58.6 Å². The van der Waals surface area contributed by atoms with Gasteiger partial charge in [-0.1, -0.05) is 36.0 Å². The Hall–Kier alpha value is -3.10. The van der Waals surface area contributed by atoms with Crippen LogP contribution in [0, 0.1) is 21.6 Å². The molecule has 0 atom stereocenters. The molecule has 170 valence electrons. The Labute approximate surface area is 198 Å². The second-order valence-corrected chi connectivity index (χ2v) is 8.01. The molecule has 0 saturated carbocycles. The molecule has 0 aliphatic heterocycles. The van der Waals surface area contributed by atoms with Crippen molar-refractivity contribution in [3.63, 3.8) is 0 Å². The summed E-state index contributed by atoms with van der Waals surface area (Å²) in [6, 6.07) is 14.0. The van der Waals surface area contributed by atoms with E-state index in [0.29, 0.717) is 22.9 Å². The summed E-state index contributed by atoms with van der Waals surface area (Å²) in [7, 11) is 0. The van der Waals surface area contributed by atoms with Crippen molar-refractivity contribution >= 4 is 58.2 Å². The topological polar surface area (TPSA) is 144 Å². The molecule has 2 aromatic rings. The molecule has 0 spiro atoms. The zero-order valence-corrected chi connectivity index (χ0v) is 19.1.